The Balaban J connectivity index is 2.49. The lowest BCUT2D eigenvalue weighted by Crippen LogP contribution is -2.11. The van der Waals surface area contributed by atoms with Crippen LogP contribution in [0.4, 0.5) is 0 Å². The highest BCUT2D eigenvalue weighted by Gasteiger charge is 2.09. The fourth-order valence-electron chi connectivity index (χ4n) is 1.51. The van der Waals surface area contributed by atoms with Gasteiger partial charge < -0.3 is 9.73 Å². The van der Waals surface area contributed by atoms with Crippen LogP contribution in [-0.4, -0.2) is 6.54 Å². The molecule has 0 aliphatic heterocycles. The van der Waals surface area contributed by atoms with Crippen molar-refractivity contribution in [1.29, 1.82) is 0 Å². The van der Waals surface area contributed by atoms with Crippen LogP contribution in [0, 0.1) is 0 Å². The van der Waals surface area contributed by atoms with Crippen molar-refractivity contribution >= 4 is 38.5 Å². The van der Waals surface area contributed by atoms with E-state index in [1.807, 2.05) is 12.1 Å². The van der Waals surface area contributed by atoms with Crippen LogP contribution in [0.2, 0.25) is 5.02 Å². The Morgan fingerprint density at radius 1 is 1.47 bits per heavy atom. The summed E-state index contributed by atoms with van der Waals surface area (Å²) in [4.78, 5) is 0. The average Bonchev–Trinajstić information content (AvgIpc) is 2.58. The first-order valence-electron chi connectivity index (χ1n) is 4.78. The van der Waals surface area contributed by atoms with E-state index in [0.717, 1.165) is 34.1 Å². The number of benzene rings is 1. The van der Waals surface area contributed by atoms with E-state index in [0.29, 0.717) is 5.02 Å². The molecule has 0 unspecified atom stereocenters. The molecular weight excluding hydrogens is 277 g/mol. The Bertz CT molecular complexity index is 481. The molecular formula is C11H11BrClNO. The minimum absolute atomic E-state index is 0.641. The summed E-state index contributed by atoms with van der Waals surface area (Å²) >= 11 is 9.49. The van der Waals surface area contributed by atoms with Crippen LogP contribution in [0.5, 0.6) is 0 Å². The molecule has 1 heterocycles. The van der Waals surface area contributed by atoms with E-state index in [2.05, 4.69) is 28.2 Å². The Hall–Kier alpha value is -0.510. The van der Waals surface area contributed by atoms with Crippen molar-refractivity contribution in [2.24, 2.45) is 0 Å². The number of rotatable bonds is 3. The molecule has 0 radical (unpaired) electrons. The molecule has 0 atom stereocenters. The zero-order chi connectivity index (χ0) is 10.8. The lowest BCUT2D eigenvalue weighted by atomic mass is 10.2. The first-order chi connectivity index (χ1) is 7.22. The van der Waals surface area contributed by atoms with E-state index in [1.54, 1.807) is 6.26 Å². The molecule has 2 nitrogen and oxygen atoms in total. The van der Waals surface area contributed by atoms with Crippen molar-refractivity contribution in [2.45, 2.75) is 13.5 Å². The van der Waals surface area contributed by atoms with Gasteiger partial charge in [0.25, 0.3) is 0 Å². The molecule has 80 valence electrons. The molecule has 0 aliphatic carbocycles. The molecule has 0 saturated heterocycles. The lowest BCUT2D eigenvalue weighted by Gasteiger charge is -1.99. The van der Waals surface area contributed by atoms with Crippen LogP contribution >= 0.6 is 27.5 Å². The predicted octanol–water partition coefficient (Wildman–Crippen LogP) is 3.96. The second kappa shape index (κ2) is 4.56. The molecule has 1 aromatic heterocycles. The third-order valence-electron chi connectivity index (χ3n) is 2.24. The Kier molecular flexibility index (Phi) is 3.34. The fraction of sp³-hybridized carbons (Fsp3) is 0.273. The van der Waals surface area contributed by atoms with Gasteiger partial charge in [0, 0.05) is 22.0 Å². The summed E-state index contributed by atoms with van der Waals surface area (Å²) in [5.41, 5.74) is 1.89. The van der Waals surface area contributed by atoms with Gasteiger partial charge in [-0.25, -0.2) is 0 Å². The second-order valence-electron chi connectivity index (χ2n) is 3.31. The topological polar surface area (TPSA) is 25.2 Å². The number of fused-ring (bicyclic) bond motifs is 1. The Labute approximate surface area is 102 Å². The van der Waals surface area contributed by atoms with Gasteiger partial charge in [-0.3, -0.25) is 0 Å². The van der Waals surface area contributed by atoms with Crippen LogP contribution in [0.25, 0.3) is 11.0 Å². The van der Waals surface area contributed by atoms with Gasteiger partial charge in [0.2, 0.25) is 0 Å². The maximum Gasteiger partial charge on any atom is 0.152 e. The largest absolute Gasteiger partial charge is 0.462 e. The minimum Gasteiger partial charge on any atom is -0.462 e. The number of hydrogen-bond acceptors (Lipinski definition) is 2. The molecule has 1 N–H and O–H groups in total. The molecule has 0 spiro atoms. The number of hydrogen-bond donors (Lipinski definition) is 1. The Morgan fingerprint density at radius 3 is 3.00 bits per heavy atom. The van der Waals surface area contributed by atoms with Gasteiger partial charge in [-0.1, -0.05) is 34.5 Å². The normalized spacial score (nSPS) is 11.1. The molecule has 0 bridgehead atoms. The first kappa shape index (κ1) is 11.0. The van der Waals surface area contributed by atoms with Crippen LogP contribution in [0.15, 0.2) is 27.3 Å². The standard InChI is InChI=1S/C11H11BrClNO/c1-2-14-5-7-6-15-11-9(7)3-8(12)4-10(11)13/h3-4,6,14H,2,5H2,1H3. The summed E-state index contributed by atoms with van der Waals surface area (Å²) in [6.07, 6.45) is 1.76. The minimum atomic E-state index is 0.641. The third-order valence-corrected chi connectivity index (χ3v) is 2.98. The SMILES string of the molecule is CCNCc1coc2c(Cl)cc(Br)cc12. The van der Waals surface area contributed by atoms with Crippen molar-refractivity contribution in [2.75, 3.05) is 6.54 Å². The molecule has 0 fully saturated rings. The van der Waals surface area contributed by atoms with E-state index in [9.17, 15) is 0 Å². The van der Waals surface area contributed by atoms with Gasteiger partial charge >= 0.3 is 0 Å². The number of furan rings is 1. The zero-order valence-electron chi connectivity index (χ0n) is 8.31. The average molecular weight is 289 g/mol. The van der Waals surface area contributed by atoms with E-state index >= 15 is 0 Å². The quantitative estimate of drug-likeness (QED) is 0.925. The van der Waals surface area contributed by atoms with Gasteiger partial charge in [-0.05, 0) is 18.7 Å². The molecule has 0 amide bonds. The second-order valence-corrected chi connectivity index (χ2v) is 4.63. The van der Waals surface area contributed by atoms with Crippen LogP contribution in [-0.2, 0) is 6.54 Å². The maximum atomic E-state index is 6.07. The first-order valence-corrected chi connectivity index (χ1v) is 5.95. The highest BCUT2D eigenvalue weighted by Crippen LogP contribution is 2.31. The van der Waals surface area contributed by atoms with Crippen LogP contribution in [0.1, 0.15) is 12.5 Å². The molecule has 0 saturated carbocycles. The van der Waals surface area contributed by atoms with Crippen LogP contribution < -0.4 is 5.32 Å². The number of halogens is 2. The molecule has 2 rings (SSSR count). The van der Waals surface area contributed by atoms with Crippen molar-refractivity contribution in [3.63, 3.8) is 0 Å². The van der Waals surface area contributed by atoms with Gasteiger partial charge in [-0.15, -0.1) is 0 Å². The number of nitrogens with one attached hydrogen (secondary N) is 1. The summed E-state index contributed by atoms with van der Waals surface area (Å²) in [5, 5.41) is 4.97. The van der Waals surface area contributed by atoms with E-state index < -0.39 is 0 Å². The van der Waals surface area contributed by atoms with Crippen LogP contribution in [0.3, 0.4) is 0 Å². The van der Waals surface area contributed by atoms with Gasteiger partial charge in [0.1, 0.15) is 0 Å². The summed E-state index contributed by atoms with van der Waals surface area (Å²) in [6, 6.07) is 3.86. The maximum absolute atomic E-state index is 6.07. The van der Waals surface area contributed by atoms with Crippen molar-refractivity contribution in [1.82, 2.24) is 5.32 Å². The van der Waals surface area contributed by atoms with Crippen molar-refractivity contribution in [3.05, 3.63) is 33.5 Å². The highest BCUT2D eigenvalue weighted by atomic mass is 79.9. The van der Waals surface area contributed by atoms with E-state index in [4.69, 9.17) is 16.0 Å². The van der Waals surface area contributed by atoms with E-state index in [1.165, 1.54) is 0 Å². The van der Waals surface area contributed by atoms with E-state index in [-0.39, 0.29) is 0 Å². The van der Waals surface area contributed by atoms with Crippen molar-refractivity contribution in [3.8, 4) is 0 Å². The molecule has 0 aliphatic rings. The third kappa shape index (κ3) is 2.19. The van der Waals surface area contributed by atoms with Crippen molar-refractivity contribution < 1.29 is 4.42 Å². The lowest BCUT2D eigenvalue weighted by molar-refractivity contribution is 0.604. The predicted molar refractivity (Wildman–Crippen MR) is 66.3 cm³/mol. The highest BCUT2D eigenvalue weighted by molar-refractivity contribution is 9.10. The van der Waals surface area contributed by atoms with Gasteiger partial charge in [-0.2, -0.15) is 0 Å². The summed E-state index contributed by atoms with van der Waals surface area (Å²) in [7, 11) is 0. The fourth-order valence-corrected chi connectivity index (χ4v) is 2.36. The molecule has 1 aromatic carbocycles. The molecule has 2 aromatic rings. The summed E-state index contributed by atoms with van der Waals surface area (Å²) < 4.78 is 6.41. The molecule has 4 heteroatoms. The monoisotopic (exact) mass is 287 g/mol. The van der Waals surface area contributed by atoms with Gasteiger partial charge in [0.05, 0.1) is 11.3 Å². The molecule has 15 heavy (non-hydrogen) atoms. The summed E-state index contributed by atoms with van der Waals surface area (Å²) in [6.45, 7) is 3.82. The zero-order valence-corrected chi connectivity index (χ0v) is 10.7. The smallest absolute Gasteiger partial charge is 0.152 e. The summed E-state index contributed by atoms with van der Waals surface area (Å²) in [5.74, 6) is 0. The Morgan fingerprint density at radius 2 is 2.27 bits per heavy atom. The van der Waals surface area contributed by atoms with Gasteiger partial charge in [0.15, 0.2) is 5.58 Å².